The predicted molar refractivity (Wildman–Crippen MR) is 130 cm³/mol. The number of amides is 1. The first-order valence-corrected chi connectivity index (χ1v) is 12.1. The van der Waals surface area contributed by atoms with E-state index >= 15 is 0 Å². The Balaban J connectivity index is 1.84. The zero-order valence-electron chi connectivity index (χ0n) is 19.5. The molecule has 0 aliphatic carbocycles. The highest BCUT2D eigenvalue weighted by Gasteiger charge is 2.39. The molecule has 3 rings (SSSR count). The maximum absolute atomic E-state index is 13.0. The monoisotopic (exact) mass is 555 g/mol. The summed E-state index contributed by atoms with van der Waals surface area (Å²) < 4.78 is 12.7. The van der Waals surface area contributed by atoms with Gasteiger partial charge in [0.05, 0.1) is 34.8 Å². The van der Waals surface area contributed by atoms with E-state index in [0.717, 1.165) is 0 Å². The summed E-state index contributed by atoms with van der Waals surface area (Å²) in [6.07, 6.45) is 1.09. The first-order chi connectivity index (χ1) is 15.9. The van der Waals surface area contributed by atoms with E-state index in [0.29, 0.717) is 34.4 Å². The Morgan fingerprint density at radius 1 is 1.26 bits per heavy atom. The molecule has 9 nitrogen and oxygen atoms in total. The minimum Gasteiger partial charge on any atom is -0.460 e. The van der Waals surface area contributed by atoms with Crippen LogP contribution in [0, 0.1) is 0 Å². The minimum atomic E-state index is -0.722. The summed E-state index contributed by atoms with van der Waals surface area (Å²) in [6.45, 7) is 6.67. The van der Waals surface area contributed by atoms with Crippen molar-refractivity contribution in [2.24, 2.45) is 0 Å². The molecule has 1 aliphatic rings. The van der Waals surface area contributed by atoms with Crippen molar-refractivity contribution in [2.75, 3.05) is 6.54 Å². The SMILES string of the molecule is CC(=O)O[C@@H]1CCCN(C(=O)OC(C)(C)C)[C@H]1CC(=O)Cn1cnc2cc(Br)c(Cl)cc2c1=O. The van der Waals surface area contributed by atoms with Gasteiger partial charge in [0.2, 0.25) is 0 Å². The summed E-state index contributed by atoms with van der Waals surface area (Å²) in [5.74, 6) is -0.810. The number of likely N-dealkylation sites (tertiary alicyclic amines) is 1. The zero-order valence-corrected chi connectivity index (χ0v) is 21.8. The van der Waals surface area contributed by atoms with Gasteiger partial charge in [-0.25, -0.2) is 9.78 Å². The number of halogens is 2. The van der Waals surface area contributed by atoms with Gasteiger partial charge >= 0.3 is 12.1 Å². The molecular formula is C23H27BrClN3O6. The number of ketones is 1. The molecule has 0 bridgehead atoms. The molecule has 0 unspecified atom stereocenters. The molecule has 1 aliphatic heterocycles. The van der Waals surface area contributed by atoms with Crippen LogP contribution in [-0.4, -0.2) is 56.6 Å². The van der Waals surface area contributed by atoms with Gasteiger partial charge in [0.25, 0.3) is 5.56 Å². The Kier molecular flexibility index (Phi) is 8.02. The lowest BCUT2D eigenvalue weighted by Crippen LogP contribution is -2.54. The molecule has 2 heterocycles. The van der Waals surface area contributed by atoms with Crippen LogP contribution in [0.15, 0.2) is 27.7 Å². The van der Waals surface area contributed by atoms with Crippen LogP contribution in [-0.2, 0) is 25.6 Å². The first kappa shape index (κ1) is 26.2. The number of piperidine rings is 1. The molecule has 11 heteroatoms. The number of aromatic nitrogens is 2. The number of fused-ring (bicyclic) bond motifs is 1. The molecule has 1 aromatic heterocycles. The quantitative estimate of drug-likeness (QED) is 0.510. The van der Waals surface area contributed by atoms with Gasteiger partial charge in [0, 0.05) is 24.4 Å². The molecule has 34 heavy (non-hydrogen) atoms. The third kappa shape index (κ3) is 6.35. The summed E-state index contributed by atoms with van der Waals surface area (Å²) >= 11 is 9.41. The van der Waals surface area contributed by atoms with Gasteiger partial charge in [0.1, 0.15) is 11.7 Å². The molecule has 1 fully saturated rings. The molecule has 0 N–H and O–H groups in total. The standard InChI is InChI=1S/C23H27BrClN3O6/c1-13(29)33-20-6-5-7-28(22(32)34-23(2,3)4)19(20)8-14(30)11-27-12-26-18-10-16(24)17(25)9-15(18)21(27)31/h9-10,12,19-20H,5-8,11H2,1-4H3/t19-,20+/m0/s1. The molecular weight excluding hydrogens is 530 g/mol. The minimum absolute atomic E-state index is 0.108. The number of hydrogen-bond acceptors (Lipinski definition) is 7. The van der Waals surface area contributed by atoms with Crippen molar-refractivity contribution in [1.29, 1.82) is 0 Å². The third-order valence-corrected chi connectivity index (χ3v) is 6.51. The van der Waals surface area contributed by atoms with Crippen molar-refractivity contribution >= 4 is 56.3 Å². The molecule has 0 saturated carbocycles. The summed E-state index contributed by atoms with van der Waals surface area (Å²) in [5, 5.41) is 0.643. The van der Waals surface area contributed by atoms with Crippen LogP contribution in [0.2, 0.25) is 5.02 Å². The van der Waals surface area contributed by atoms with Crippen LogP contribution in [0.25, 0.3) is 10.9 Å². The lowest BCUT2D eigenvalue weighted by atomic mass is 9.94. The highest BCUT2D eigenvalue weighted by Crippen LogP contribution is 2.27. The number of esters is 1. The molecule has 2 atom stereocenters. The second-order valence-corrected chi connectivity index (χ2v) is 10.5. The second-order valence-electron chi connectivity index (χ2n) is 9.24. The number of carbonyl (C=O) groups excluding carboxylic acids is 3. The van der Waals surface area contributed by atoms with Crippen LogP contribution in [0.5, 0.6) is 0 Å². The lowest BCUT2D eigenvalue weighted by molar-refractivity contribution is -0.153. The molecule has 0 radical (unpaired) electrons. The molecule has 1 aromatic carbocycles. The third-order valence-electron chi connectivity index (χ3n) is 5.31. The van der Waals surface area contributed by atoms with Crippen molar-refractivity contribution in [3.8, 4) is 0 Å². The normalized spacial score (nSPS) is 18.6. The Morgan fingerprint density at radius 2 is 1.97 bits per heavy atom. The van der Waals surface area contributed by atoms with Gasteiger partial charge < -0.3 is 14.4 Å². The van der Waals surface area contributed by atoms with Crippen molar-refractivity contribution in [1.82, 2.24) is 14.5 Å². The van der Waals surface area contributed by atoms with E-state index < -0.39 is 35.4 Å². The van der Waals surface area contributed by atoms with E-state index in [2.05, 4.69) is 20.9 Å². The Hall–Kier alpha value is -2.46. The number of benzene rings is 1. The Bertz CT molecular complexity index is 1180. The maximum atomic E-state index is 13.0. The summed E-state index contributed by atoms with van der Waals surface area (Å²) in [7, 11) is 0. The Morgan fingerprint density at radius 3 is 2.62 bits per heavy atom. The fourth-order valence-electron chi connectivity index (χ4n) is 3.92. The molecule has 1 saturated heterocycles. The van der Waals surface area contributed by atoms with E-state index in [-0.39, 0.29) is 24.1 Å². The van der Waals surface area contributed by atoms with Gasteiger partial charge in [-0.2, -0.15) is 0 Å². The molecule has 1 amide bonds. The predicted octanol–water partition coefficient (Wildman–Crippen LogP) is 4.10. The number of rotatable bonds is 5. The van der Waals surface area contributed by atoms with Gasteiger partial charge in [0.15, 0.2) is 5.78 Å². The summed E-state index contributed by atoms with van der Waals surface area (Å²) in [4.78, 5) is 56.1. The summed E-state index contributed by atoms with van der Waals surface area (Å²) in [5.41, 5.74) is -0.680. The van der Waals surface area contributed by atoms with Gasteiger partial charge in [-0.3, -0.25) is 19.0 Å². The average Bonchev–Trinajstić information content (AvgIpc) is 2.71. The average molecular weight is 557 g/mol. The van der Waals surface area contributed by atoms with E-state index in [1.807, 2.05) is 0 Å². The van der Waals surface area contributed by atoms with E-state index in [1.54, 1.807) is 26.8 Å². The smallest absolute Gasteiger partial charge is 0.410 e. The number of ether oxygens (including phenoxy) is 2. The van der Waals surface area contributed by atoms with Crippen LogP contribution < -0.4 is 5.56 Å². The molecule has 0 spiro atoms. The van der Waals surface area contributed by atoms with Crippen LogP contribution in [0.1, 0.15) is 47.0 Å². The summed E-state index contributed by atoms with van der Waals surface area (Å²) in [6, 6.07) is 2.43. The van der Waals surface area contributed by atoms with Crippen LogP contribution >= 0.6 is 27.5 Å². The fraction of sp³-hybridized carbons (Fsp3) is 0.522. The van der Waals surface area contributed by atoms with E-state index in [4.69, 9.17) is 21.1 Å². The van der Waals surface area contributed by atoms with Gasteiger partial charge in [-0.15, -0.1) is 0 Å². The first-order valence-electron chi connectivity index (χ1n) is 10.9. The maximum Gasteiger partial charge on any atom is 0.410 e. The van der Waals surface area contributed by atoms with Crippen molar-refractivity contribution < 1.29 is 23.9 Å². The van der Waals surface area contributed by atoms with Gasteiger partial charge in [-0.05, 0) is 61.7 Å². The topological polar surface area (TPSA) is 108 Å². The van der Waals surface area contributed by atoms with Gasteiger partial charge in [-0.1, -0.05) is 11.6 Å². The number of hydrogen-bond donors (Lipinski definition) is 0. The number of carbonyl (C=O) groups is 3. The molecule has 184 valence electrons. The number of nitrogens with zero attached hydrogens (tertiary/aromatic N) is 3. The highest BCUT2D eigenvalue weighted by atomic mass is 79.9. The van der Waals surface area contributed by atoms with Crippen LogP contribution in [0.4, 0.5) is 4.79 Å². The molecule has 2 aromatic rings. The second kappa shape index (κ2) is 10.4. The highest BCUT2D eigenvalue weighted by molar-refractivity contribution is 9.10. The van der Waals surface area contributed by atoms with E-state index in [1.165, 1.54) is 28.8 Å². The number of Topliss-reactive ketones (excluding diaryl/α,β-unsaturated/α-hetero) is 1. The zero-order chi connectivity index (χ0) is 25.2. The lowest BCUT2D eigenvalue weighted by Gasteiger charge is -2.40. The van der Waals surface area contributed by atoms with E-state index in [9.17, 15) is 19.2 Å². The van der Waals surface area contributed by atoms with Crippen molar-refractivity contribution in [3.05, 3.63) is 38.3 Å². The fourth-order valence-corrected chi connectivity index (χ4v) is 4.41. The van der Waals surface area contributed by atoms with Crippen molar-refractivity contribution in [2.45, 2.75) is 71.2 Å². The largest absolute Gasteiger partial charge is 0.460 e. The van der Waals surface area contributed by atoms with Crippen molar-refractivity contribution in [3.63, 3.8) is 0 Å². The Labute approximate surface area is 210 Å². The van der Waals surface area contributed by atoms with Crippen LogP contribution in [0.3, 0.4) is 0 Å².